The first-order chi connectivity index (χ1) is 8.27. The van der Waals surface area contributed by atoms with Crippen molar-refractivity contribution < 1.29 is 18.4 Å². The van der Waals surface area contributed by atoms with Gasteiger partial charge in [0.25, 0.3) is 0 Å². The summed E-state index contributed by atoms with van der Waals surface area (Å²) in [6, 6.07) is 0.0383. The highest BCUT2D eigenvalue weighted by molar-refractivity contribution is 7.98. The Bertz CT molecular complexity index is 274. The highest BCUT2D eigenvalue weighted by Gasteiger charge is 2.43. The Labute approximate surface area is 109 Å². The van der Waals surface area contributed by atoms with E-state index in [-0.39, 0.29) is 12.6 Å². The van der Waals surface area contributed by atoms with Gasteiger partial charge in [0.05, 0.1) is 0 Å². The van der Waals surface area contributed by atoms with Crippen molar-refractivity contribution in [3.63, 3.8) is 0 Å². The first-order valence-corrected chi connectivity index (χ1v) is 6.90. The van der Waals surface area contributed by atoms with Crippen LogP contribution in [0.15, 0.2) is 5.16 Å². The largest absolute Gasteiger partial charge is 0.409 e. The fourth-order valence-electron chi connectivity index (χ4n) is 1.62. The number of thioether (sulfide) groups is 1. The molecule has 0 rings (SSSR count). The van der Waals surface area contributed by atoms with Crippen molar-refractivity contribution in [2.24, 2.45) is 16.8 Å². The fourth-order valence-corrected chi connectivity index (χ4v) is 2.50. The summed E-state index contributed by atoms with van der Waals surface area (Å²) < 4.78 is 38.3. The molecule has 18 heavy (non-hydrogen) atoms. The van der Waals surface area contributed by atoms with Gasteiger partial charge in [-0.1, -0.05) is 12.1 Å². The highest BCUT2D eigenvalue weighted by atomic mass is 32.2. The monoisotopic (exact) mass is 287 g/mol. The van der Waals surface area contributed by atoms with E-state index in [4.69, 9.17) is 10.9 Å². The predicted octanol–water partition coefficient (Wildman–Crippen LogP) is 1.98. The SMILES string of the molecule is CCC(CSC)N(C)CC(C(N)=NO)C(F)(F)F. The lowest BCUT2D eigenvalue weighted by Gasteiger charge is -2.30. The second-order valence-corrected chi connectivity index (χ2v) is 4.99. The number of nitrogens with two attached hydrogens (primary N) is 1. The third-order valence-corrected chi connectivity index (χ3v) is 3.51. The highest BCUT2D eigenvalue weighted by Crippen LogP contribution is 2.27. The first kappa shape index (κ1) is 17.4. The molecule has 0 aliphatic carbocycles. The number of oxime groups is 1. The van der Waals surface area contributed by atoms with Gasteiger partial charge in [0.2, 0.25) is 0 Å². The summed E-state index contributed by atoms with van der Waals surface area (Å²) in [4.78, 5) is 1.60. The smallest absolute Gasteiger partial charge is 0.400 e. The molecule has 0 aromatic heterocycles. The van der Waals surface area contributed by atoms with Crippen molar-refractivity contribution in [2.45, 2.75) is 25.6 Å². The molecule has 0 heterocycles. The Morgan fingerprint density at radius 1 is 1.50 bits per heavy atom. The van der Waals surface area contributed by atoms with Gasteiger partial charge >= 0.3 is 6.18 Å². The number of alkyl halides is 3. The van der Waals surface area contributed by atoms with Crippen LogP contribution in [0.25, 0.3) is 0 Å². The summed E-state index contributed by atoms with van der Waals surface area (Å²) in [5, 5.41) is 10.9. The molecule has 8 heteroatoms. The van der Waals surface area contributed by atoms with Crippen LogP contribution >= 0.6 is 11.8 Å². The van der Waals surface area contributed by atoms with Crippen LogP contribution < -0.4 is 5.73 Å². The fraction of sp³-hybridized carbons (Fsp3) is 0.900. The maximum Gasteiger partial charge on any atom is 0.400 e. The number of hydrogen-bond donors (Lipinski definition) is 2. The Morgan fingerprint density at radius 2 is 2.06 bits per heavy atom. The molecule has 0 aromatic rings. The average Bonchev–Trinajstić information content (AvgIpc) is 2.30. The average molecular weight is 287 g/mol. The number of hydrogen-bond acceptors (Lipinski definition) is 4. The summed E-state index contributed by atoms with van der Waals surface area (Å²) in [6.07, 6.45) is -1.86. The summed E-state index contributed by atoms with van der Waals surface area (Å²) in [6.45, 7) is 1.61. The molecular weight excluding hydrogens is 267 g/mol. The zero-order valence-corrected chi connectivity index (χ0v) is 11.6. The van der Waals surface area contributed by atoms with E-state index in [0.717, 1.165) is 12.2 Å². The van der Waals surface area contributed by atoms with Crippen molar-refractivity contribution in [3.8, 4) is 0 Å². The molecule has 0 fully saturated rings. The Balaban J connectivity index is 4.78. The van der Waals surface area contributed by atoms with E-state index in [1.807, 2.05) is 13.2 Å². The van der Waals surface area contributed by atoms with Gasteiger partial charge in [0.1, 0.15) is 5.92 Å². The molecule has 0 radical (unpaired) electrons. The normalized spacial score (nSPS) is 16.9. The van der Waals surface area contributed by atoms with Gasteiger partial charge in [-0.05, 0) is 19.7 Å². The maximum atomic E-state index is 12.8. The number of rotatable bonds is 7. The van der Waals surface area contributed by atoms with Gasteiger partial charge in [0.15, 0.2) is 5.84 Å². The van der Waals surface area contributed by atoms with E-state index in [1.165, 1.54) is 0 Å². The van der Waals surface area contributed by atoms with Gasteiger partial charge in [-0.3, -0.25) is 0 Å². The minimum Gasteiger partial charge on any atom is -0.409 e. The molecule has 4 nitrogen and oxygen atoms in total. The van der Waals surface area contributed by atoms with Gasteiger partial charge < -0.3 is 15.8 Å². The Hall–Kier alpha value is -0.630. The van der Waals surface area contributed by atoms with Gasteiger partial charge in [-0.2, -0.15) is 24.9 Å². The van der Waals surface area contributed by atoms with E-state index in [9.17, 15) is 13.2 Å². The van der Waals surface area contributed by atoms with Gasteiger partial charge in [-0.15, -0.1) is 0 Å². The Morgan fingerprint density at radius 3 is 2.39 bits per heavy atom. The maximum absolute atomic E-state index is 12.8. The molecule has 0 saturated carbocycles. The minimum atomic E-state index is -4.51. The van der Waals surface area contributed by atoms with Crippen LogP contribution in [0.4, 0.5) is 13.2 Å². The predicted molar refractivity (Wildman–Crippen MR) is 68.0 cm³/mol. The van der Waals surface area contributed by atoms with E-state index >= 15 is 0 Å². The lowest BCUT2D eigenvalue weighted by atomic mass is 10.1. The number of halogens is 3. The lowest BCUT2D eigenvalue weighted by Crippen LogP contribution is -2.46. The molecule has 2 atom stereocenters. The molecule has 3 N–H and O–H groups in total. The topological polar surface area (TPSA) is 61.8 Å². The Kier molecular flexibility index (Phi) is 7.46. The zero-order valence-electron chi connectivity index (χ0n) is 10.7. The molecule has 0 amide bonds. The van der Waals surface area contributed by atoms with Gasteiger partial charge in [-0.25, -0.2) is 0 Å². The van der Waals surface area contributed by atoms with Crippen molar-refractivity contribution >= 4 is 17.6 Å². The van der Waals surface area contributed by atoms with Crippen molar-refractivity contribution in [2.75, 3.05) is 25.6 Å². The first-order valence-electron chi connectivity index (χ1n) is 5.51. The number of amidine groups is 1. The van der Waals surface area contributed by atoms with Crippen LogP contribution in [0.3, 0.4) is 0 Å². The molecule has 0 aromatic carbocycles. The molecule has 0 saturated heterocycles. The molecule has 0 aliphatic rings. The summed E-state index contributed by atoms with van der Waals surface area (Å²) >= 11 is 1.58. The van der Waals surface area contributed by atoms with Crippen molar-refractivity contribution in [1.82, 2.24) is 4.90 Å². The van der Waals surface area contributed by atoms with Gasteiger partial charge in [0, 0.05) is 18.3 Å². The van der Waals surface area contributed by atoms with E-state index in [1.54, 1.807) is 23.7 Å². The summed E-state index contributed by atoms with van der Waals surface area (Å²) in [5.74, 6) is -2.00. The standard InChI is InChI=1S/C10H20F3N3OS/c1-4-7(6-18-3)16(2)5-8(9(14)15-17)10(11,12)13/h7-8,17H,4-6H2,1-3H3,(H2,14,15). The van der Waals surface area contributed by atoms with E-state index < -0.39 is 17.9 Å². The molecule has 108 valence electrons. The van der Waals surface area contributed by atoms with Crippen molar-refractivity contribution in [1.29, 1.82) is 0 Å². The number of nitrogens with zero attached hydrogens (tertiary/aromatic N) is 2. The van der Waals surface area contributed by atoms with Crippen LogP contribution in [0.1, 0.15) is 13.3 Å². The molecule has 0 spiro atoms. The molecule has 0 aliphatic heterocycles. The van der Waals surface area contributed by atoms with E-state index in [0.29, 0.717) is 0 Å². The van der Waals surface area contributed by atoms with Crippen LogP contribution in [0.2, 0.25) is 0 Å². The zero-order chi connectivity index (χ0) is 14.3. The molecular formula is C10H20F3N3OS. The molecule has 2 unspecified atom stereocenters. The van der Waals surface area contributed by atoms with Crippen molar-refractivity contribution in [3.05, 3.63) is 0 Å². The minimum absolute atomic E-state index is 0.0383. The van der Waals surface area contributed by atoms with Crippen LogP contribution in [0.5, 0.6) is 0 Å². The molecule has 0 bridgehead atoms. The summed E-state index contributed by atoms with van der Waals surface area (Å²) in [7, 11) is 1.62. The third-order valence-electron chi connectivity index (χ3n) is 2.79. The van der Waals surface area contributed by atoms with Crippen LogP contribution in [-0.2, 0) is 0 Å². The lowest BCUT2D eigenvalue weighted by molar-refractivity contribution is -0.160. The van der Waals surface area contributed by atoms with Crippen LogP contribution in [-0.4, -0.2) is 53.8 Å². The third kappa shape index (κ3) is 5.34. The van der Waals surface area contributed by atoms with E-state index in [2.05, 4.69) is 5.16 Å². The second-order valence-electron chi connectivity index (χ2n) is 4.08. The van der Waals surface area contributed by atoms with Crippen LogP contribution in [0, 0.1) is 5.92 Å². The quantitative estimate of drug-likeness (QED) is 0.325. The summed E-state index contributed by atoms with van der Waals surface area (Å²) in [5.41, 5.74) is 5.12. The second kappa shape index (κ2) is 7.73.